The largest absolute Gasteiger partial charge is 0.394 e. The zero-order valence-corrected chi connectivity index (χ0v) is 33.6. The topological polar surface area (TPSA) is 228 Å². The zero-order valence-electron chi connectivity index (χ0n) is 33.6. The van der Waals surface area contributed by atoms with Gasteiger partial charge in [-0.2, -0.15) is 0 Å². The van der Waals surface area contributed by atoms with Crippen LogP contribution in [0.25, 0.3) is 0 Å². The van der Waals surface area contributed by atoms with Crippen molar-refractivity contribution in [2.24, 2.45) is 44.8 Å². The van der Waals surface area contributed by atoms with E-state index in [1.807, 2.05) is 0 Å². The minimum Gasteiger partial charge on any atom is -0.394 e. The van der Waals surface area contributed by atoms with E-state index in [1.165, 1.54) is 0 Å². The second kappa shape index (κ2) is 13.2. The van der Waals surface area contributed by atoms with Crippen LogP contribution < -0.4 is 0 Å². The minimum absolute atomic E-state index is 0.0193. The van der Waals surface area contributed by atoms with Crippen LogP contribution in [-0.2, 0) is 23.7 Å². The molecule has 3 saturated heterocycles. The van der Waals surface area contributed by atoms with Gasteiger partial charge in [0, 0.05) is 5.92 Å². The van der Waals surface area contributed by atoms with Crippen molar-refractivity contribution in [3.05, 3.63) is 0 Å². The van der Waals surface area contributed by atoms with Crippen molar-refractivity contribution in [2.75, 3.05) is 13.2 Å². The first-order valence-corrected chi connectivity index (χ1v) is 20.9. The Morgan fingerprint density at radius 1 is 0.709 bits per heavy atom. The lowest BCUT2D eigenvalue weighted by atomic mass is 9.41. The van der Waals surface area contributed by atoms with Gasteiger partial charge in [0.15, 0.2) is 12.6 Å². The van der Waals surface area contributed by atoms with Crippen molar-refractivity contribution in [2.45, 2.75) is 197 Å². The van der Waals surface area contributed by atoms with E-state index in [0.717, 1.165) is 38.5 Å². The van der Waals surface area contributed by atoms with Gasteiger partial charge >= 0.3 is 0 Å². The van der Waals surface area contributed by atoms with Crippen LogP contribution in [0.4, 0.5) is 0 Å². The quantitative estimate of drug-likeness (QED) is 0.162. The lowest BCUT2D eigenvalue weighted by Gasteiger charge is -2.64. The monoisotopic (exact) mass is 784 g/mol. The molecule has 55 heavy (non-hydrogen) atoms. The second-order valence-corrected chi connectivity index (χ2v) is 21.1. The van der Waals surface area contributed by atoms with Gasteiger partial charge < -0.3 is 69.6 Å². The molecule has 0 bridgehead atoms. The van der Waals surface area contributed by atoms with E-state index >= 15 is 0 Å². The third kappa shape index (κ3) is 5.70. The summed E-state index contributed by atoms with van der Waals surface area (Å²) in [6.45, 7) is 13.8. The number of rotatable bonds is 7. The SMILES string of the molecule is CC(C)(O)[C@@H]1CC[C@](C)([C@H]2[C@@H](O)C[C@@]3(C)[C@@H]4C[C@H](O)[C@@H]5C(C)(C)[C@@H](O[C@H]6OC[C@@H](O)[C@H](O)[C@H]6O[C@H]6O[C@H](CO)[C@@H](O)[C@H](O)[C@H]6O)CC[C@@]56C[C@@]46CC[C@]23C)O1. The Hall–Kier alpha value is -0.560. The third-order valence-corrected chi connectivity index (χ3v) is 17.6. The summed E-state index contributed by atoms with van der Waals surface area (Å²) >= 11 is 0. The Balaban J connectivity index is 1.02. The Labute approximate surface area is 324 Å². The molecule has 2 spiro atoms. The van der Waals surface area contributed by atoms with Crippen LogP contribution >= 0.6 is 0 Å². The smallest absolute Gasteiger partial charge is 0.187 e. The van der Waals surface area contributed by atoms with Gasteiger partial charge in [-0.1, -0.05) is 27.7 Å². The number of fused-ring (bicyclic) bond motifs is 2. The third-order valence-electron chi connectivity index (χ3n) is 17.6. The molecule has 21 atom stereocenters. The van der Waals surface area contributed by atoms with Gasteiger partial charge in [0.1, 0.15) is 42.7 Å². The van der Waals surface area contributed by atoms with Gasteiger partial charge in [-0.05, 0) is 117 Å². The fourth-order valence-corrected chi connectivity index (χ4v) is 14.9. The van der Waals surface area contributed by atoms with Crippen molar-refractivity contribution in [3.8, 4) is 0 Å². The molecule has 14 nitrogen and oxygen atoms in total. The molecule has 0 amide bonds. The summed E-state index contributed by atoms with van der Waals surface area (Å²) in [7, 11) is 0. The van der Waals surface area contributed by atoms with Crippen LogP contribution in [0.3, 0.4) is 0 Å². The number of aliphatic hydroxyl groups is 9. The fourth-order valence-electron chi connectivity index (χ4n) is 14.9. The molecule has 0 aromatic rings. The van der Waals surface area contributed by atoms with E-state index in [4.69, 9.17) is 23.7 Å². The molecule has 8 fully saturated rings. The minimum atomic E-state index is -1.72. The van der Waals surface area contributed by atoms with Crippen LogP contribution in [0.15, 0.2) is 0 Å². The Morgan fingerprint density at radius 3 is 2.07 bits per heavy atom. The number of hydrogen-bond donors (Lipinski definition) is 9. The average molecular weight is 785 g/mol. The molecule has 5 aliphatic carbocycles. The van der Waals surface area contributed by atoms with Crippen LogP contribution in [0.5, 0.6) is 0 Å². The summed E-state index contributed by atoms with van der Waals surface area (Å²) < 4.78 is 30.9. The number of hydrogen-bond acceptors (Lipinski definition) is 14. The molecule has 8 rings (SSSR count). The number of aliphatic hydroxyl groups excluding tert-OH is 8. The Bertz CT molecular complexity index is 1460. The maximum Gasteiger partial charge on any atom is 0.187 e. The normalized spacial score (nSPS) is 58.7. The molecule has 0 aromatic heterocycles. The maximum atomic E-state index is 12.4. The van der Waals surface area contributed by atoms with E-state index in [-0.39, 0.29) is 52.1 Å². The van der Waals surface area contributed by atoms with Gasteiger partial charge in [-0.25, -0.2) is 0 Å². The van der Waals surface area contributed by atoms with Crippen LogP contribution in [-0.4, -0.2) is 150 Å². The maximum absolute atomic E-state index is 12.4. The van der Waals surface area contributed by atoms with E-state index in [2.05, 4.69) is 34.6 Å². The average Bonchev–Trinajstić information content (AvgIpc) is 3.45. The predicted octanol–water partition coefficient (Wildman–Crippen LogP) is 0.724. The van der Waals surface area contributed by atoms with Gasteiger partial charge in [-0.3, -0.25) is 0 Å². The summed E-state index contributed by atoms with van der Waals surface area (Å²) in [5.74, 6) is 0.0159. The van der Waals surface area contributed by atoms with Crippen LogP contribution in [0.2, 0.25) is 0 Å². The Kier molecular flexibility index (Phi) is 9.90. The van der Waals surface area contributed by atoms with E-state index < -0.39 is 96.8 Å². The van der Waals surface area contributed by atoms with Crippen molar-refractivity contribution < 1.29 is 69.6 Å². The molecule has 0 aromatic carbocycles. The van der Waals surface area contributed by atoms with Gasteiger partial charge in [0.05, 0.1) is 48.8 Å². The lowest BCUT2D eigenvalue weighted by molar-refractivity contribution is -0.366. The molecule has 3 aliphatic heterocycles. The van der Waals surface area contributed by atoms with Gasteiger partial charge in [0.2, 0.25) is 0 Å². The first kappa shape index (κ1) is 41.2. The van der Waals surface area contributed by atoms with Crippen molar-refractivity contribution in [1.29, 1.82) is 0 Å². The standard InChI is InChI=1S/C41H68O14/c1-35(2)24(53-34-30(26(46)21(45)17-51-34)54-33-29(49)28(48)27(47)22(16-42)52-33)9-11-41-18-40(41)13-12-37(5)32(39(7)10-8-25(55-39)36(3,4)50)20(44)15-38(37,6)23(40)14-19(43)31(35)41/h19-34,42-50H,8-18H2,1-7H3/t19-,20-,21+,22+,23-,24-,25-,26-,27+,28-,29+,30+,31+,32-,33+,34+,37+,38-,39+,40-,41+/m0/s1. The second-order valence-electron chi connectivity index (χ2n) is 21.1. The molecule has 9 N–H and O–H groups in total. The molecule has 5 saturated carbocycles. The highest BCUT2D eigenvalue weighted by molar-refractivity contribution is 5.33. The molecule has 0 unspecified atom stereocenters. The van der Waals surface area contributed by atoms with Crippen molar-refractivity contribution in [3.63, 3.8) is 0 Å². The van der Waals surface area contributed by atoms with Gasteiger partial charge in [-0.15, -0.1) is 0 Å². The van der Waals surface area contributed by atoms with E-state index in [0.29, 0.717) is 19.3 Å². The zero-order chi connectivity index (χ0) is 40.1. The fraction of sp³-hybridized carbons (Fsp3) is 1.00. The molecule has 0 radical (unpaired) electrons. The lowest BCUT2D eigenvalue weighted by Crippen LogP contribution is -2.64. The summed E-state index contributed by atoms with van der Waals surface area (Å²) in [5.41, 5.74) is -2.64. The first-order valence-electron chi connectivity index (χ1n) is 20.9. The summed E-state index contributed by atoms with van der Waals surface area (Å²) in [4.78, 5) is 0. The van der Waals surface area contributed by atoms with Crippen LogP contribution in [0, 0.1) is 44.8 Å². The van der Waals surface area contributed by atoms with Crippen molar-refractivity contribution >= 4 is 0 Å². The van der Waals surface area contributed by atoms with Crippen LogP contribution in [0.1, 0.15) is 106 Å². The highest BCUT2D eigenvalue weighted by Gasteiger charge is 2.85. The molecule has 3 heterocycles. The molecular weight excluding hydrogens is 716 g/mol. The van der Waals surface area contributed by atoms with E-state index in [9.17, 15) is 46.0 Å². The number of ether oxygens (including phenoxy) is 5. The Morgan fingerprint density at radius 2 is 1.42 bits per heavy atom. The summed E-state index contributed by atoms with van der Waals surface area (Å²) in [6.07, 6.45) is -7.87. The molecular formula is C41H68O14. The van der Waals surface area contributed by atoms with E-state index in [1.54, 1.807) is 13.8 Å². The van der Waals surface area contributed by atoms with Crippen molar-refractivity contribution in [1.82, 2.24) is 0 Å². The highest BCUT2D eigenvalue weighted by atomic mass is 16.8. The molecule has 8 aliphatic rings. The summed E-state index contributed by atoms with van der Waals surface area (Å²) in [5, 5.41) is 97.9. The first-order chi connectivity index (χ1) is 25.5. The summed E-state index contributed by atoms with van der Waals surface area (Å²) in [6, 6.07) is 0. The predicted molar refractivity (Wildman–Crippen MR) is 194 cm³/mol. The molecule has 316 valence electrons. The molecule has 14 heteroatoms. The highest BCUT2D eigenvalue weighted by Crippen LogP contribution is 2.89. The van der Waals surface area contributed by atoms with Gasteiger partial charge in [0.25, 0.3) is 0 Å².